The van der Waals surface area contributed by atoms with Gasteiger partial charge in [0.1, 0.15) is 17.1 Å². The molecule has 0 radical (unpaired) electrons. The van der Waals surface area contributed by atoms with E-state index in [-0.39, 0.29) is 30.4 Å². The van der Waals surface area contributed by atoms with Crippen LogP contribution in [-0.4, -0.2) is 19.1 Å². The van der Waals surface area contributed by atoms with Crippen molar-refractivity contribution < 1.29 is 13.9 Å². The van der Waals surface area contributed by atoms with Crippen LogP contribution >= 0.6 is 12.4 Å². The van der Waals surface area contributed by atoms with Crippen molar-refractivity contribution in [1.82, 2.24) is 5.32 Å². The van der Waals surface area contributed by atoms with Crippen LogP contribution < -0.4 is 15.8 Å². The molecule has 2 aromatic rings. The number of halogens is 1. The molecule has 0 spiro atoms. The zero-order chi connectivity index (χ0) is 15.6. The maximum absolute atomic E-state index is 11.8. The first-order valence-electron chi connectivity index (χ1n) is 7.04. The molecule has 6 heteroatoms. The quantitative estimate of drug-likeness (QED) is 0.885. The fourth-order valence-electron chi connectivity index (χ4n) is 2.42. The Bertz CT molecular complexity index is 652. The van der Waals surface area contributed by atoms with Crippen LogP contribution in [0.5, 0.6) is 5.75 Å². The molecule has 2 rings (SSSR count). The summed E-state index contributed by atoms with van der Waals surface area (Å²) >= 11 is 0. The molecule has 22 heavy (non-hydrogen) atoms. The van der Waals surface area contributed by atoms with Gasteiger partial charge in [-0.1, -0.05) is 0 Å². The Hall–Kier alpha value is -1.72. The SMILES string of the molecule is COc1ccc2oc(C(C)NC(=O)CC(C)N)c(C)c2c1.Cl. The van der Waals surface area contributed by atoms with Gasteiger partial charge in [-0.05, 0) is 39.0 Å². The van der Waals surface area contributed by atoms with Gasteiger partial charge in [0.2, 0.25) is 5.91 Å². The Labute approximate surface area is 136 Å². The van der Waals surface area contributed by atoms with E-state index in [0.717, 1.165) is 28.0 Å². The van der Waals surface area contributed by atoms with Gasteiger partial charge in [-0.25, -0.2) is 0 Å². The number of hydrogen-bond acceptors (Lipinski definition) is 4. The van der Waals surface area contributed by atoms with Crippen LogP contribution in [0.3, 0.4) is 0 Å². The van der Waals surface area contributed by atoms with E-state index in [1.165, 1.54) is 0 Å². The second-order valence-corrected chi connectivity index (χ2v) is 5.42. The van der Waals surface area contributed by atoms with Crippen LogP contribution in [0.2, 0.25) is 0 Å². The number of ether oxygens (including phenoxy) is 1. The summed E-state index contributed by atoms with van der Waals surface area (Å²) in [5.74, 6) is 1.47. The van der Waals surface area contributed by atoms with Crippen molar-refractivity contribution >= 4 is 29.3 Å². The summed E-state index contributed by atoms with van der Waals surface area (Å²) in [5, 5.41) is 3.91. The lowest BCUT2D eigenvalue weighted by Gasteiger charge is -2.13. The topological polar surface area (TPSA) is 77.5 Å². The lowest BCUT2D eigenvalue weighted by molar-refractivity contribution is -0.122. The monoisotopic (exact) mass is 326 g/mol. The number of methoxy groups -OCH3 is 1. The number of amides is 1. The van der Waals surface area contributed by atoms with Crippen molar-refractivity contribution in [2.45, 2.75) is 39.3 Å². The number of nitrogens with two attached hydrogens (primary N) is 1. The molecule has 2 unspecified atom stereocenters. The fourth-order valence-corrected chi connectivity index (χ4v) is 2.42. The lowest BCUT2D eigenvalue weighted by Crippen LogP contribution is -2.31. The molecule has 0 saturated carbocycles. The van der Waals surface area contributed by atoms with E-state index in [0.29, 0.717) is 6.42 Å². The Morgan fingerprint density at radius 1 is 1.41 bits per heavy atom. The minimum absolute atomic E-state index is 0. The second-order valence-electron chi connectivity index (χ2n) is 5.42. The summed E-state index contributed by atoms with van der Waals surface area (Å²) < 4.78 is 11.1. The van der Waals surface area contributed by atoms with Crippen LogP contribution in [0.1, 0.15) is 37.6 Å². The van der Waals surface area contributed by atoms with Gasteiger partial charge in [-0.3, -0.25) is 4.79 Å². The summed E-state index contributed by atoms with van der Waals surface area (Å²) in [5.41, 5.74) is 7.43. The van der Waals surface area contributed by atoms with Crippen molar-refractivity contribution in [3.8, 4) is 5.75 Å². The molecule has 0 fully saturated rings. The number of carbonyl (C=O) groups is 1. The van der Waals surface area contributed by atoms with Gasteiger partial charge in [0.15, 0.2) is 0 Å². The van der Waals surface area contributed by atoms with Gasteiger partial charge < -0.3 is 20.2 Å². The van der Waals surface area contributed by atoms with Crippen molar-refractivity contribution in [3.05, 3.63) is 29.5 Å². The molecule has 3 N–H and O–H groups in total. The van der Waals surface area contributed by atoms with Gasteiger partial charge >= 0.3 is 0 Å². The van der Waals surface area contributed by atoms with Crippen LogP contribution in [0, 0.1) is 6.92 Å². The largest absolute Gasteiger partial charge is 0.497 e. The molecular weight excluding hydrogens is 304 g/mol. The molecule has 0 aliphatic carbocycles. The number of hydrogen-bond donors (Lipinski definition) is 2. The highest BCUT2D eigenvalue weighted by Crippen LogP contribution is 2.31. The first kappa shape index (κ1) is 18.3. The molecule has 0 aliphatic rings. The highest BCUT2D eigenvalue weighted by atomic mass is 35.5. The van der Waals surface area contributed by atoms with E-state index in [9.17, 15) is 4.79 Å². The third-order valence-corrected chi connectivity index (χ3v) is 3.46. The van der Waals surface area contributed by atoms with E-state index in [4.69, 9.17) is 14.9 Å². The zero-order valence-corrected chi connectivity index (χ0v) is 14.1. The van der Waals surface area contributed by atoms with E-state index in [1.807, 2.05) is 39.0 Å². The van der Waals surface area contributed by atoms with Gasteiger partial charge in [-0.15, -0.1) is 12.4 Å². The molecule has 5 nitrogen and oxygen atoms in total. The van der Waals surface area contributed by atoms with Crippen LogP contribution in [0.4, 0.5) is 0 Å². The summed E-state index contributed by atoms with van der Waals surface area (Å²) in [7, 11) is 1.63. The molecule has 0 saturated heterocycles. The Morgan fingerprint density at radius 2 is 2.09 bits per heavy atom. The minimum Gasteiger partial charge on any atom is -0.497 e. The summed E-state index contributed by atoms with van der Waals surface area (Å²) in [6.45, 7) is 5.69. The molecule has 1 amide bonds. The third-order valence-electron chi connectivity index (χ3n) is 3.46. The van der Waals surface area contributed by atoms with Gasteiger partial charge in [0.25, 0.3) is 0 Å². The fraction of sp³-hybridized carbons (Fsp3) is 0.438. The maximum Gasteiger partial charge on any atom is 0.222 e. The van der Waals surface area contributed by atoms with Crippen molar-refractivity contribution in [3.63, 3.8) is 0 Å². The van der Waals surface area contributed by atoms with Gasteiger partial charge in [0.05, 0.1) is 13.2 Å². The number of rotatable bonds is 5. The molecule has 1 heterocycles. The van der Waals surface area contributed by atoms with E-state index in [1.54, 1.807) is 7.11 Å². The number of benzene rings is 1. The average molecular weight is 327 g/mol. The van der Waals surface area contributed by atoms with E-state index >= 15 is 0 Å². The molecule has 122 valence electrons. The summed E-state index contributed by atoms with van der Waals surface area (Å²) in [6.07, 6.45) is 0.303. The zero-order valence-electron chi connectivity index (χ0n) is 13.3. The Kier molecular flexibility index (Phi) is 6.26. The van der Waals surface area contributed by atoms with E-state index in [2.05, 4.69) is 5.32 Å². The second kappa shape index (κ2) is 7.51. The molecule has 0 bridgehead atoms. The molecule has 1 aromatic heterocycles. The van der Waals surface area contributed by atoms with Crippen LogP contribution in [-0.2, 0) is 4.79 Å². The summed E-state index contributed by atoms with van der Waals surface area (Å²) in [4.78, 5) is 11.8. The number of aryl methyl sites for hydroxylation is 1. The van der Waals surface area contributed by atoms with Crippen LogP contribution in [0.15, 0.2) is 22.6 Å². The van der Waals surface area contributed by atoms with Crippen LogP contribution in [0.25, 0.3) is 11.0 Å². The smallest absolute Gasteiger partial charge is 0.222 e. The Balaban J connectivity index is 0.00000242. The normalized spacial score (nSPS) is 13.3. The standard InChI is InChI=1S/C16H22N2O3.ClH/c1-9(17)7-15(19)18-11(3)16-10(2)13-8-12(20-4)5-6-14(13)21-16;/h5-6,8-9,11H,7,17H2,1-4H3,(H,18,19);1H. The summed E-state index contributed by atoms with van der Waals surface area (Å²) in [6, 6.07) is 5.32. The van der Waals surface area contributed by atoms with Crippen molar-refractivity contribution in [2.24, 2.45) is 5.73 Å². The highest BCUT2D eigenvalue weighted by Gasteiger charge is 2.19. The highest BCUT2D eigenvalue weighted by molar-refractivity contribution is 5.85. The number of fused-ring (bicyclic) bond motifs is 1. The molecule has 2 atom stereocenters. The van der Waals surface area contributed by atoms with Gasteiger partial charge in [-0.2, -0.15) is 0 Å². The predicted molar refractivity (Wildman–Crippen MR) is 89.6 cm³/mol. The van der Waals surface area contributed by atoms with Gasteiger partial charge in [0, 0.05) is 23.4 Å². The first-order chi connectivity index (χ1) is 9.92. The lowest BCUT2D eigenvalue weighted by atomic mass is 10.1. The predicted octanol–water partition coefficient (Wildman–Crippen LogP) is 3.09. The third kappa shape index (κ3) is 3.93. The first-order valence-corrected chi connectivity index (χ1v) is 7.04. The maximum atomic E-state index is 11.8. The average Bonchev–Trinajstić information content (AvgIpc) is 2.74. The molecular formula is C16H23ClN2O3. The molecule has 1 aromatic carbocycles. The molecule has 0 aliphatic heterocycles. The van der Waals surface area contributed by atoms with Crippen molar-refractivity contribution in [1.29, 1.82) is 0 Å². The minimum atomic E-state index is -0.199. The number of furan rings is 1. The van der Waals surface area contributed by atoms with Crippen molar-refractivity contribution in [2.75, 3.05) is 7.11 Å². The number of carbonyl (C=O) groups excluding carboxylic acids is 1. The number of nitrogens with one attached hydrogen (secondary N) is 1. The Morgan fingerprint density at radius 3 is 2.68 bits per heavy atom. The van der Waals surface area contributed by atoms with E-state index < -0.39 is 0 Å².